The van der Waals surface area contributed by atoms with Crippen molar-refractivity contribution in [3.63, 3.8) is 0 Å². The first-order chi connectivity index (χ1) is 16.0. The first-order valence-corrected chi connectivity index (χ1v) is 10.8. The average Bonchev–Trinajstić information content (AvgIpc) is 2.78. The van der Waals surface area contributed by atoms with Crippen LogP contribution in [0.5, 0.6) is 0 Å². The summed E-state index contributed by atoms with van der Waals surface area (Å²) in [6, 6.07) is 3.61. The van der Waals surface area contributed by atoms with Crippen molar-refractivity contribution < 1.29 is 34.2 Å². The van der Waals surface area contributed by atoms with Crippen molar-refractivity contribution >= 4 is 29.6 Å². The number of rotatable bonds is 14. The molecule has 0 aliphatic carbocycles. The number of benzene rings is 1. The number of nitrogens with two attached hydrogens (primary N) is 2. The number of aliphatic carboxylic acids is 1. The van der Waals surface area contributed by atoms with Crippen molar-refractivity contribution in [2.75, 3.05) is 6.61 Å². The molecule has 188 valence electrons. The van der Waals surface area contributed by atoms with Crippen LogP contribution < -0.4 is 27.4 Å². The summed E-state index contributed by atoms with van der Waals surface area (Å²) < 4.78 is 0. The number of carbonyl (C=O) groups is 5. The molecule has 1 aromatic carbocycles. The predicted molar refractivity (Wildman–Crippen MR) is 122 cm³/mol. The molecule has 4 atom stereocenters. The summed E-state index contributed by atoms with van der Waals surface area (Å²) in [6.07, 6.45) is -0.508. The van der Waals surface area contributed by atoms with Gasteiger partial charge in [0.15, 0.2) is 0 Å². The Morgan fingerprint density at radius 2 is 1.41 bits per heavy atom. The summed E-state index contributed by atoms with van der Waals surface area (Å²) >= 11 is 0. The predicted octanol–water partition coefficient (Wildman–Crippen LogP) is -1.99. The minimum Gasteiger partial charge on any atom is -0.480 e. The van der Waals surface area contributed by atoms with Crippen molar-refractivity contribution in [2.45, 2.75) is 57.3 Å². The SMILES string of the molecule is CC(C)C(N)C(=O)NC(CO)C(=O)NC(CCC(N)=O)C(=O)NC(Cc1ccccc1)C(=O)O. The average molecular weight is 480 g/mol. The number of primary amides is 1. The van der Waals surface area contributed by atoms with Crippen molar-refractivity contribution in [2.24, 2.45) is 17.4 Å². The molecule has 4 amide bonds. The van der Waals surface area contributed by atoms with E-state index in [1.807, 2.05) is 0 Å². The Hall–Kier alpha value is -3.51. The zero-order valence-corrected chi connectivity index (χ0v) is 19.2. The van der Waals surface area contributed by atoms with E-state index in [0.717, 1.165) is 0 Å². The molecule has 0 aliphatic heterocycles. The number of nitrogens with one attached hydrogen (secondary N) is 3. The Morgan fingerprint density at radius 3 is 1.91 bits per heavy atom. The lowest BCUT2D eigenvalue weighted by molar-refractivity contribution is -0.142. The third kappa shape index (κ3) is 9.55. The summed E-state index contributed by atoms with van der Waals surface area (Å²) in [5, 5.41) is 26.1. The van der Waals surface area contributed by atoms with Gasteiger partial charge in [0.1, 0.15) is 18.1 Å². The second-order valence-corrected chi connectivity index (χ2v) is 8.17. The highest BCUT2D eigenvalue weighted by Crippen LogP contribution is 2.06. The molecule has 0 saturated carbocycles. The van der Waals surface area contributed by atoms with Gasteiger partial charge in [-0.2, -0.15) is 0 Å². The van der Waals surface area contributed by atoms with Crippen molar-refractivity contribution in [1.82, 2.24) is 16.0 Å². The van der Waals surface area contributed by atoms with E-state index in [-0.39, 0.29) is 25.2 Å². The molecule has 1 aromatic rings. The van der Waals surface area contributed by atoms with Crippen LogP contribution in [-0.2, 0) is 30.4 Å². The van der Waals surface area contributed by atoms with Crippen LogP contribution in [0.15, 0.2) is 30.3 Å². The fourth-order valence-electron chi connectivity index (χ4n) is 2.91. The minimum absolute atomic E-state index is 0.0131. The molecule has 12 heteroatoms. The van der Waals surface area contributed by atoms with Crippen LogP contribution in [-0.4, -0.2) is 70.6 Å². The lowest BCUT2D eigenvalue weighted by Crippen LogP contribution is -2.58. The molecule has 12 nitrogen and oxygen atoms in total. The van der Waals surface area contributed by atoms with Gasteiger partial charge in [-0.3, -0.25) is 19.2 Å². The molecule has 34 heavy (non-hydrogen) atoms. The third-order valence-corrected chi connectivity index (χ3v) is 5.05. The largest absolute Gasteiger partial charge is 0.480 e. The molecule has 9 N–H and O–H groups in total. The van der Waals surface area contributed by atoms with Crippen molar-refractivity contribution in [3.8, 4) is 0 Å². The summed E-state index contributed by atoms with van der Waals surface area (Å²) in [4.78, 5) is 60.5. The lowest BCUT2D eigenvalue weighted by atomic mass is 10.0. The second-order valence-electron chi connectivity index (χ2n) is 8.17. The van der Waals surface area contributed by atoms with E-state index in [2.05, 4.69) is 16.0 Å². The van der Waals surface area contributed by atoms with Gasteiger partial charge in [0.05, 0.1) is 12.6 Å². The maximum atomic E-state index is 12.8. The van der Waals surface area contributed by atoms with Crippen LogP contribution in [0.1, 0.15) is 32.3 Å². The normalized spacial score (nSPS) is 14.4. The Balaban J connectivity index is 2.94. The quantitative estimate of drug-likeness (QED) is 0.158. The molecule has 1 rings (SSSR count). The van der Waals surface area contributed by atoms with Gasteiger partial charge >= 0.3 is 5.97 Å². The molecular formula is C22H33N5O7. The van der Waals surface area contributed by atoms with Crippen LogP contribution in [0, 0.1) is 5.92 Å². The molecule has 4 unspecified atom stereocenters. The minimum atomic E-state index is -1.42. The maximum Gasteiger partial charge on any atom is 0.326 e. The zero-order valence-electron chi connectivity index (χ0n) is 19.2. The van der Waals surface area contributed by atoms with E-state index in [1.165, 1.54) is 0 Å². The van der Waals surface area contributed by atoms with Crippen LogP contribution in [0.2, 0.25) is 0 Å². The molecule has 0 spiro atoms. The zero-order chi connectivity index (χ0) is 25.8. The highest BCUT2D eigenvalue weighted by atomic mass is 16.4. The monoisotopic (exact) mass is 479 g/mol. The number of hydrogen-bond acceptors (Lipinski definition) is 7. The smallest absolute Gasteiger partial charge is 0.326 e. The number of hydrogen-bond donors (Lipinski definition) is 7. The highest BCUT2D eigenvalue weighted by Gasteiger charge is 2.30. The Morgan fingerprint density at radius 1 is 0.882 bits per heavy atom. The van der Waals surface area contributed by atoms with Gasteiger partial charge in [0, 0.05) is 12.8 Å². The molecule has 0 aromatic heterocycles. The fourth-order valence-corrected chi connectivity index (χ4v) is 2.91. The van der Waals surface area contributed by atoms with Crippen molar-refractivity contribution in [3.05, 3.63) is 35.9 Å². The molecule has 0 bridgehead atoms. The molecule has 0 aliphatic rings. The van der Waals surface area contributed by atoms with Gasteiger partial charge in [0.2, 0.25) is 23.6 Å². The molecular weight excluding hydrogens is 446 g/mol. The van der Waals surface area contributed by atoms with Crippen LogP contribution in [0.3, 0.4) is 0 Å². The number of carbonyl (C=O) groups excluding carboxylic acids is 4. The van der Waals surface area contributed by atoms with Gasteiger partial charge in [0.25, 0.3) is 0 Å². The summed E-state index contributed by atoms with van der Waals surface area (Å²) in [5.74, 6) is -4.70. The molecule has 0 heterocycles. The van der Waals surface area contributed by atoms with Crippen molar-refractivity contribution in [1.29, 1.82) is 0 Å². The molecule has 0 radical (unpaired) electrons. The first-order valence-electron chi connectivity index (χ1n) is 10.8. The Bertz CT molecular complexity index is 862. The second kappa shape index (κ2) is 13.9. The summed E-state index contributed by atoms with van der Waals surface area (Å²) in [6.45, 7) is 2.63. The topological polar surface area (TPSA) is 214 Å². The number of aliphatic hydroxyl groups is 1. The number of carboxylic acid groups (broad SMARTS) is 1. The van der Waals surface area contributed by atoms with E-state index in [0.29, 0.717) is 5.56 Å². The highest BCUT2D eigenvalue weighted by molar-refractivity contribution is 5.94. The van der Waals surface area contributed by atoms with E-state index < -0.39 is 60.4 Å². The maximum absolute atomic E-state index is 12.8. The lowest BCUT2D eigenvalue weighted by Gasteiger charge is -2.24. The molecule has 0 fully saturated rings. The Labute approximate surface area is 197 Å². The number of amides is 4. The van der Waals surface area contributed by atoms with E-state index in [4.69, 9.17) is 11.5 Å². The number of aliphatic hydroxyl groups excluding tert-OH is 1. The standard InChI is InChI=1S/C22H33N5O7/c1-12(2)18(24)21(32)27-16(11-28)20(31)25-14(8-9-17(23)29)19(30)26-15(22(33)34)10-13-6-4-3-5-7-13/h3-7,12,14-16,18,28H,8-11,24H2,1-2H3,(H2,23,29)(H,25,31)(H,26,30)(H,27,32)(H,33,34). The Kier molecular flexibility index (Phi) is 11.7. The van der Waals surface area contributed by atoms with E-state index >= 15 is 0 Å². The van der Waals surface area contributed by atoms with Gasteiger partial charge in [-0.15, -0.1) is 0 Å². The number of carboxylic acids is 1. The van der Waals surface area contributed by atoms with E-state index in [1.54, 1.807) is 44.2 Å². The fraction of sp³-hybridized carbons (Fsp3) is 0.500. The molecule has 0 saturated heterocycles. The first kappa shape index (κ1) is 28.5. The third-order valence-electron chi connectivity index (χ3n) is 5.05. The van der Waals surface area contributed by atoms with Crippen LogP contribution in [0.4, 0.5) is 0 Å². The summed E-state index contributed by atoms with van der Waals surface area (Å²) in [7, 11) is 0. The van der Waals surface area contributed by atoms with Gasteiger partial charge in [-0.25, -0.2) is 4.79 Å². The van der Waals surface area contributed by atoms with Gasteiger partial charge in [-0.05, 0) is 17.9 Å². The van der Waals surface area contributed by atoms with Crippen LogP contribution in [0.25, 0.3) is 0 Å². The van der Waals surface area contributed by atoms with Gasteiger partial charge < -0.3 is 37.6 Å². The van der Waals surface area contributed by atoms with Crippen LogP contribution >= 0.6 is 0 Å². The summed E-state index contributed by atoms with van der Waals surface area (Å²) in [5.41, 5.74) is 11.6. The van der Waals surface area contributed by atoms with E-state index in [9.17, 15) is 34.2 Å². The van der Waals surface area contributed by atoms with Gasteiger partial charge in [-0.1, -0.05) is 44.2 Å².